The van der Waals surface area contributed by atoms with E-state index in [0.29, 0.717) is 18.8 Å². The maximum atomic E-state index is 12.2. The lowest BCUT2D eigenvalue weighted by molar-refractivity contribution is -0.134. The number of hydrogen-bond donors (Lipinski definition) is 2. The number of rotatable bonds is 2. The minimum atomic E-state index is -0.339. The molecule has 126 valence electrons. The van der Waals surface area contributed by atoms with Crippen molar-refractivity contribution in [1.82, 2.24) is 20.4 Å². The molecule has 2 atom stereocenters. The van der Waals surface area contributed by atoms with Crippen LogP contribution in [0.4, 0.5) is 0 Å². The summed E-state index contributed by atoms with van der Waals surface area (Å²) in [5, 5.41) is 11.5. The van der Waals surface area contributed by atoms with Crippen molar-refractivity contribution in [3.8, 4) is 0 Å². The Balaban J connectivity index is 1.71. The Kier molecular flexibility index (Phi) is 3.84. The third kappa shape index (κ3) is 2.60. The average Bonchev–Trinajstić information content (AvgIpc) is 2.92. The fourth-order valence-electron chi connectivity index (χ4n) is 3.90. The number of aryl methyl sites for hydroxylation is 1. The lowest BCUT2D eigenvalue weighted by Crippen LogP contribution is -2.39. The number of imide groups is 1. The Hall–Kier alpha value is -2.21. The van der Waals surface area contributed by atoms with E-state index in [0.717, 1.165) is 29.7 Å². The number of carbonyl (C=O) groups excluding carboxylic acids is 2. The van der Waals surface area contributed by atoms with Crippen LogP contribution in [0.5, 0.6) is 0 Å². The van der Waals surface area contributed by atoms with Gasteiger partial charge in [-0.05, 0) is 43.4 Å². The normalized spacial score (nSPS) is 25.0. The van der Waals surface area contributed by atoms with Gasteiger partial charge >= 0.3 is 0 Å². The molecule has 2 aromatic rings. The molecule has 0 saturated carbocycles. The van der Waals surface area contributed by atoms with Crippen LogP contribution in [-0.4, -0.2) is 34.7 Å². The summed E-state index contributed by atoms with van der Waals surface area (Å²) in [6.45, 7) is 2.12. The number of fused-ring (bicyclic) bond motifs is 1. The summed E-state index contributed by atoms with van der Waals surface area (Å²) >= 11 is 0. The summed E-state index contributed by atoms with van der Waals surface area (Å²) in [6, 6.07) is 6.46. The number of aromatic nitrogens is 2. The summed E-state index contributed by atoms with van der Waals surface area (Å²) in [5.74, 6) is -0.221. The molecular weight excluding hydrogens is 304 g/mol. The first-order valence-electron chi connectivity index (χ1n) is 8.64. The molecule has 6 heteroatoms. The van der Waals surface area contributed by atoms with Gasteiger partial charge in [0.05, 0.1) is 17.1 Å². The Morgan fingerprint density at radius 2 is 2.12 bits per heavy atom. The van der Waals surface area contributed by atoms with Crippen LogP contribution in [0.1, 0.15) is 48.8 Å². The van der Waals surface area contributed by atoms with Gasteiger partial charge in [0.25, 0.3) is 0 Å². The minimum absolute atomic E-state index is 0.191. The molecule has 2 aliphatic heterocycles. The predicted octanol–water partition coefficient (Wildman–Crippen LogP) is 1.56. The van der Waals surface area contributed by atoms with Crippen LogP contribution in [-0.2, 0) is 16.6 Å². The molecule has 2 amide bonds. The van der Waals surface area contributed by atoms with Crippen molar-refractivity contribution in [3.63, 3.8) is 0 Å². The van der Waals surface area contributed by atoms with Crippen molar-refractivity contribution in [3.05, 3.63) is 29.5 Å². The first kappa shape index (κ1) is 15.3. The van der Waals surface area contributed by atoms with Crippen molar-refractivity contribution >= 4 is 22.7 Å². The van der Waals surface area contributed by atoms with Crippen LogP contribution >= 0.6 is 0 Å². The average molecular weight is 326 g/mol. The first-order chi connectivity index (χ1) is 11.6. The quantitative estimate of drug-likeness (QED) is 0.821. The van der Waals surface area contributed by atoms with Crippen LogP contribution in [0.25, 0.3) is 10.9 Å². The summed E-state index contributed by atoms with van der Waals surface area (Å²) in [6.07, 6.45) is 3.32. The third-order valence-electron chi connectivity index (χ3n) is 5.24. The van der Waals surface area contributed by atoms with Crippen LogP contribution in [0.15, 0.2) is 18.2 Å². The van der Waals surface area contributed by atoms with E-state index in [2.05, 4.69) is 33.9 Å². The molecule has 1 aromatic heterocycles. The van der Waals surface area contributed by atoms with Gasteiger partial charge in [0.15, 0.2) is 0 Å². The highest BCUT2D eigenvalue weighted by molar-refractivity contribution is 6.02. The summed E-state index contributed by atoms with van der Waals surface area (Å²) in [7, 11) is 1.92. The van der Waals surface area contributed by atoms with Gasteiger partial charge in [-0.1, -0.05) is 12.1 Å². The van der Waals surface area contributed by atoms with E-state index in [4.69, 9.17) is 0 Å². The second kappa shape index (κ2) is 6.02. The Bertz CT molecular complexity index is 805. The largest absolute Gasteiger partial charge is 0.316 e. The molecule has 0 bridgehead atoms. The number of piperidine rings is 2. The van der Waals surface area contributed by atoms with Crippen LogP contribution in [0.3, 0.4) is 0 Å². The lowest BCUT2D eigenvalue weighted by atomic mass is 9.89. The standard InChI is InChI=1S/C18H22N4O2/c1-22-15-9-11(12-3-2-8-19-10-12)4-5-13(15)17(21-22)14-6-7-16(23)20-18(14)24/h4-5,9,12,14,19H,2-3,6-8,10H2,1H3,(H,20,23,24)/t12-,14?/m0/s1. The molecule has 0 radical (unpaired) electrons. The topological polar surface area (TPSA) is 76.0 Å². The molecule has 2 saturated heterocycles. The fraction of sp³-hybridized carbons (Fsp3) is 0.500. The highest BCUT2D eigenvalue weighted by Gasteiger charge is 2.31. The Labute approximate surface area is 140 Å². The molecule has 2 fully saturated rings. The Morgan fingerprint density at radius 3 is 2.88 bits per heavy atom. The third-order valence-corrected chi connectivity index (χ3v) is 5.24. The summed E-state index contributed by atoms with van der Waals surface area (Å²) in [4.78, 5) is 23.6. The molecule has 2 N–H and O–H groups in total. The number of hydrogen-bond acceptors (Lipinski definition) is 4. The van der Waals surface area contributed by atoms with E-state index in [9.17, 15) is 9.59 Å². The van der Waals surface area contributed by atoms with Gasteiger partial charge in [0.2, 0.25) is 11.8 Å². The van der Waals surface area contributed by atoms with Crippen molar-refractivity contribution in [2.45, 2.75) is 37.5 Å². The van der Waals surface area contributed by atoms with Gasteiger partial charge in [0, 0.05) is 25.4 Å². The van der Waals surface area contributed by atoms with Crippen LogP contribution in [0.2, 0.25) is 0 Å². The van der Waals surface area contributed by atoms with Gasteiger partial charge in [0.1, 0.15) is 0 Å². The smallest absolute Gasteiger partial charge is 0.235 e. The number of carbonyl (C=O) groups is 2. The predicted molar refractivity (Wildman–Crippen MR) is 90.7 cm³/mol. The molecule has 3 heterocycles. The maximum absolute atomic E-state index is 12.2. The molecular formula is C18H22N4O2. The van der Waals surface area contributed by atoms with E-state index in [1.165, 1.54) is 18.4 Å². The second-order valence-electron chi connectivity index (χ2n) is 6.83. The molecule has 4 rings (SSSR count). The molecule has 1 aromatic carbocycles. The summed E-state index contributed by atoms with van der Waals surface area (Å²) in [5.41, 5.74) is 3.16. The van der Waals surface area contributed by atoms with Crippen molar-refractivity contribution in [1.29, 1.82) is 0 Å². The molecule has 24 heavy (non-hydrogen) atoms. The maximum Gasteiger partial charge on any atom is 0.235 e. The molecule has 0 aliphatic carbocycles. The SMILES string of the molecule is Cn1nc(C2CCC(=O)NC2=O)c2ccc([C@H]3CCCNC3)cc21. The zero-order valence-corrected chi connectivity index (χ0v) is 13.8. The number of nitrogens with zero attached hydrogens (tertiary/aromatic N) is 2. The highest BCUT2D eigenvalue weighted by Crippen LogP contribution is 2.32. The van der Waals surface area contributed by atoms with E-state index >= 15 is 0 Å². The molecule has 0 spiro atoms. The lowest BCUT2D eigenvalue weighted by Gasteiger charge is -2.23. The zero-order valence-electron chi connectivity index (χ0n) is 13.8. The van der Waals surface area contributed by atoms with Crippen molar-refractivity contribution in [2.24, 2.45) is 7.05 Å². The number of amides is 2. The molecule has 6 nitrogen and oxygen atoms in total. The fourth-order valence-corrected chi connectivity index (χ4v) is 3.90. The molecule has 1 unspecified atom stereocenters. The van der Waals surface area contributed by atoms with Gasteiger partial charge in [-0.3, -0.25) is 19.6 Å². The van der Waals surface area contributed by atoms with Crippen molar-refractivity contribution < 1.29 is 9.59 Å². The number of nitrogens with one attached hydrogen (secondary N) is 2. The van der Waals surface area contributed by atoms with Gasteiger partial charge in [-0.15, -0.1) is 0 Å². The molecule has 2 aliphatic rings. The van der Waals surface area contributed by atoms with E-state index < -0.39 is 0 Å². The minimum Gasteiger partial charge on any atom is -0.316 e. The van der Waals surface area contributed by atoms with Crippen LogP contribution < -0.4 is 10.6 Å². The Morgan fingerprint density at radius 1 is 1.25 bits per heavy atom. The van der Waals surface area contributed by atoms with Gasteiger partial charge in [-0.2, -0.15) is 5.10 Å². The van der Waals surface area contributed by atoms with E-state index in [-0.39, 0.29) is 17.7 Å². The van der Waals surface area contributed by atoms with E-state index in [1.54, 1.807) is 0 Å². The second-order valence-corrected chi connectivity index (χ2v) is 6.83. The van der Waals surface area contributed by atoms with Gasteiger partial charge < -0.3 is 5.32 Å². The zero-order chi connectivity index (χ0) is 16.7. The number of benzene rings is 1. The van der Waals surface area contributed by atoms with Crippen LogP contribution in [0, 0.1) is 0 Å². The summed E-state index contributed by atoms with van der Waals surface area (Å²) < 4.78 is 1.86. The van der Waals surface area contributed by atoms with Crippen molar-refractivity contribution in [2.75, 3.05) is 13.1 Å². The highest BCUT2D eigenvalue weighted by atomic mass is 16.2. The van der Waals surface area contributed by atoms with Gasteiger partial charge in [-0.25, -0.2) is 0 Å². The monoisotopic (exact) mass is 326 g/mol. The van der Waals surface area contributed by atoms with E-state index in [1.807, 2.05) is 11.7 Å². The first-order valence-corrected chi connectivity index (χ1v) is 8.64.